The van der Waals surface area contributed by atoms with Gasteiger partial charge in [0.1, 0.15) is 12.4 Å². The summed E-state index contributed by atoms with van der Waals surface area (Å²) in [4.78, 5) is 16.7. The highest BCUT2D eigenvalue weighted by Gasteiger charge is 2.22. The zero-order valence-electron chi connectivity index (χ0n) is 13.7. The highest BCUT2D eigenvalue weighted by molar-refractivity contribution is 5.95. The third-order valence-corrected chi connectivity index (χ3v) is 4.21. The van der Waals surface area contributed by atoms with Gasteiger partial charge in [-0.25, -0.2) is 0 Å². The fourth-order valence-corrected chi connectivity index (χ4v) is 2.84. The van der Waals surface area contributed by atoms with E-state index in [2.05, 4.69) is 4.90 Å². The molecule has 5 nitrogen and oxygen atoms in total. The SMILES string of the molecule is Nc1cccc(C(=O)N2CCN(CCOc3ccccc3)CC2)c1. The van der Waals surface area contributed by atoms with Gasteiger partial charge >= 0.3 is 0 Å². The van der Waals surface area contributed by atoms with Crippen molar-refractivity contribution in [3.05, 3.63) is 60.2 Å². The molecule has 2 aromatic carbocycles. The molecule has 0 spiro atoms. The van der Waals surface area contributed by atoms with E-state index in [4.69, 9.17) is 10.5 Å². The molecule has 3 rings (SSSR count). The molecule has 1 aliphatic rings. The molecule has 1 saturated heterocycles. The topological polar surface area (TPSA) is 58.8 Å². The van der Waals surface area contributed by atoms with E-state index in [9.17, 15) is 4.79 Å². The van der Waals surface area contributed by atoms with Gasteiger partial charge in [0.2, 0.25) is 0 Å². The Morgan fingerprint density at radius 3 is 2.46 bits per heavy atom. The van der Waals surface area contributed by atoms with Crippen molar-refractivity contribution in [3.63, 3.8) is 0 Å². The lowest BCUT2D eigenvalue weighted by atomic mass is 10.1. The number of carbonyl (C=O) groups excluding carboxylic acids is 1. The Balaban J connectivity index is 1.43. The maximum atomic E-state index is 12.5. The summed E-state index contributed by atoms with van der Waals surface area (Å²) in [6.45, 7) is 4.73. The lowest BCUT2D eigenvalue weighted by Crippen LogP contribution is -2.49. The summed E-state index contributed by atoms with van der Waals surface area (Å²) >= 11 is 0. The van der Waals surface area contributed by atoms with Gasteiger partial charge in [0, 0.05) is 44.0 Å². The number of hydrogen-bond acceptors (Lipinski definition) is 4. The number of carbonyl (C=O) groups is 1. The molecule has 2 aromatic rings. The van der Waals surface area contributed by atoms with Gasteiger partial charge in [-0.1, -0.05) is 24.3 Å². The minimum absolute atomic E-state index is 0.0579. The van der Waals surface area contributed by atoms with Gasteiger partial charge < -0.3 is 15.4 Å². The predicted molar refractivity (Wildman–Crippen MR) is 95.1 cm³/mol. The summed E-state index contributed by atoms with van der Waals surface area (Å²) in [5, 5.41) is 0. The summed E-state index contributed by atoms with van der Waals surface area (Å²) in [6, 6.07) is 17.0. The molecular weight excluding hydrogens is 302 g/mol. The number of benzene rings is 2. The lowest BCUT2D eigenvalue weighted by molar-refractivity contribution is 0.0620. The highest BCUT2D eigenvalue weighted by atomic mass is 16.5. The van der Waals surface area contributed by atoms with E-state index in [-0.39, 0.29) is 5.91 Å². The van der Waals surface area contributed by atoms with Crippen molar-refractivity contribution in [2.45, 2.75) is 0 Å². The van der Waals surface area contributed by atoms with Crippen molar-refractivity contribution in [1.29, 1.82) is 0 Å². The van der Waals surface area contributed by atoms with Crippen LogP contribution in [0.4, 0.5) is 5.69 Å². The maximum absolute atomic E-state index is 12.5. The Labute approximate surface area is 142 Å². The molecule has 1 heterocycles. The number of nitrogens with zero attached hydrogens (tertiary/aromatic N) is 2. The van der Waals surface area contributed by atoms with Crippen LogP contribution in [0, 0.1) is 0 Å². The Kier molecular flexibility index (Phi) is 5.33. The Morgan fingerprint density at radius 2 is 1.75 bits per heavy atom. The van der Waals surface area contributed by atoms with Gasteiger partial charge in [0.15, 0.2) is 0 Å². The summed E-state index contributed by atoms with van der Waals surface area (Å²) in [5.74, 6) is 0.954. The highest BCUT2D eigenvalue weighted by Crippen LogP contribution is 2.12. The number of amides is 1. The van der Waals surface area contributed by atoms with Crippen molar-refractivity contribution in [1.82, 2.24) is 9.80 Å². The van der Waals surface area contributed by atoms with Crippen LogP contribution >= 0.6 is 0 Å². The summed E-state index contributed by atoms with van der Waals surface area (Å²) in [5.41, 5.74) is 7.04. The van der Waals surface area contributed by atoms with Crippen LogP contribution in [0.3, 0.4) is 0 Å². The fourth-order valence-electron chi connectivity index (χ4n) is 2.84. The zero-order chi connectivity index (χ0) is 16.8. The standard InChI is InChI=1S/C19H23N3O2/c20-17-6-4-5-16(15-17)19(23)22-11-9-21(10-12-22)13-14-24-18-7-2-1-3-8-18/h1-8,15H,9-14,20H2. The summed E-state index contributed by atoms with van der Waals surface area (Å²) < 4.78 is 5.73. The van der Waals surface area contributed by atoms with E-state index in [1.165, 1.54) is 0 Å². The average molecular weight is 325 g/mol. The third-order valence-electron chi connectivity index (χ3n) is 4.21. The third kappa shape index (κ3) is 4.26. The number of anilines is 1. The lowest BCUT2D eigenvalue weighted by Gasteiger charge is -2.34. The van der Waals surface area contributed by atoms with Gasteiger partial charge in [-0.05, 0) is 30.3 Å². The number of hydrogen-bond donors (Lipinski definition) is 1. The molecule has 126 valence electrons. The molecule has 0 atom stereocenters. The molecule has 5 heteroatoms. The molecule has 0 radical (unpaired) electrons. The van der Waals surface area contributed by atoms with Crippen LogP contribution < -0.4 is 10.5 Å². The molecule has 1 fully saturated rings. The molecule has 0 unspecified atom stereocenters. The van der Waals surface area contributed by atoms with Crippen LogP contribution in [0.15, 0.2) is 54.6 Å². The largest absolute Gasteiger partial charge is 0.492 e. The second kappa shape index (κ2) is 7.84. The number of rotatable bonds is 5. The first kappa shape index (κ1) is 16.3. The monoisotopic (exact) mass is 325 g/mol. The van der Waals surface area contributed by atoms with E-state index < -0.39 is 0 Å². The zero-order valence-corrected chi connectivity index (χ0v) is 13.7. The predicted octanol–water partition coefficient (Wildman–Crippen LogP) is 2.11. The molecule has 1 aliphatic heterocycles. The molecule has 0 bridgehead atoms. The minimum atomic E-state index is 0.0579. The van der Waals surface area contributed by atoms with E-state index in [1.54, 1.807) is 12.1 Å². The molecule has 1 amide bonds. The van der Waals surface area contributed by atoms with Crippen LogP contribution in [0.2, 0.25) is 0 Å². The molecular formula is C19H23N3O2. The van der Waals surface area contributed by atoms with Crippen molar-refractivity contribution in [2.24, 2.45) is 0 Å². The van der Waals surface area contributed by atoms with Crippen LogP contribution in [0.25, 0.3) is 0 Å². The van der Waals surface area contributed by atoms with Crippen molar-refractivity contribution in [2.75, 3.05) is 45.1 Å². The molecule has 24 heavy (non-hydrogen) atoms. The summed E-state index contributed by atoms with van der Waals surface area (Å²) in [6.07, 6.45) is 0. The van der Waals surface area contributed by atoms with Crippen molar-refractivity contribution >= 4 is 11.6 Å². The van der Waals surface area contributed by atoms with Gasteiger partial charge in [0.25, 0.3) is 5.91 Å². The second-order valence-corrected chi connectivity index (χ2v) is 5.92. The number of nitrogens with two attached hydrogens (primary N) is 1. The maximum Gasteiger partial charge on any atom is 0.254 e. The van der Waals surface area contributed by atoms with Gasteiger partial charge in [-0.3, -0.25) is 9.69 Å². The first-order valence-electron chi connectivity index (χ1n) is 8.27. The molecule has 0 aromatic heterocycles. The number of ether oxygens (including phenoxy) is 1. The molecule has 0 saturated carbocycles. The van der Waals surface area contributed by atoms with Crippen molar-refractivity contribution < 1.29 is 9.53 Å². The van der Waals surface area contributed by atoms with Crippen LogP contribution in [-0.2, 0) is 0 Å². The van der Waals surface area contributed by atoms with Gasteiger partial charge in [-0.2, -0.15) is 0 Å². The normalized spacial score (nSPS) is 15.2. The molecule has 2 N–H and O–H groups in total. The number of para-hydroxylation sites is 1. The number of piperazine rings is 1. The Hall–Kier alpha value is -2.53. The van der Waals surface area contributed by atoms with Gasteiger partial charge in [0.05, 0.1) is 0 Å². The Morgan fingerprint density at radius 1 is 1.00 bits per heavy atom. The number of nitrogen functional groups attached to an aromatic ring is 1. The van der Waals surface area contributed by atoms with E-state index in [0.29, 0.717) is 17.9 Å². The van der Waals surface area contributed by atoms with E-state index >= 15 is 0 Å². The van der Waals surface area contributed by atoms with E-state index in [0.717, 1.165) is 38.5 Å². The first-order chi connectivity index (χ1) is 11.7. The second-order valence-electron chi connectivity index (χ2n) is 5.92. The minimum Gasteiger partial charge on any atom is -0.492 e. The quantitative estimate of drug-likeness (QED) is 0.856. The summed E-state index contributed by atoms with van der Waals surface area (Å²) in [7, 11) is 0. The molecule has 0 aliphatic carbocycles. The van der Waals surface area contributed by atoms with Crippen LogP contribution in [0.1, 0.15) is 10.4 Å². The van der Waals surface area contributed by atoms with E-state index in [1.807, 2.05) is 47.4 Å². The van der Waals surface area contributed by atoms with Gasteiger partial charge in [-0.15, -0.1) is 0 Å². The fraction of sp³-hybridized carbons (Fsp3) is 0.316. The Bertz CT molecular complexity index is 667. The first-order valence-corrected chi connectivity index (χ1v) is 8.27. The van der Waals surface area contributed by atoms with Crippen LogP contribution in [0.5, 0.6) is 5.75 Å². The smallest absolute Gasteiger partial charge is 0.254 e. The average Bonchev–Trinajstić information content (AvgIpc) is 2.63. The van der Waals surface area contributed by atoms with Crippen LogP contribution in [-0.4, -0.2) is 55.0 Å². The van der Waals surface area contributed by atoms with Crippen molar-refractivity contribution in [3.8, 4) is 5.75 Å².